The summed E-state index contributed by atoms with van der Waals surface area (Å²) in [6, 6.07) is 7.33. The molecule has 4 nitrogen and oxygen atoms in total. The lowest BCUT2D eigenvalue weighted by atomic mass is 10.1. The first-order valence-corrected chi connectivity index (χ1v) is 6.81. The molecule has 0 amide bonds. The first kappa shape index (κ1) is 15.1. The molecule has 0 saturated carbocycles. The molecule has 0 spiro atoms. The highest BCUT2D eigenvalue weighted by Crippen LogP contribution is 2.08. The van der Waals surface area contributed by atoms with Crippen LogP contribution in [0.3, 0.4) is 0 Å². The van der Waals surface area contributed by atoms with Gasteiger partial charge in [0, 0.05) is 29.9 Å². The highest BCUT2D eigenvalue weighted by atomic mass is 19.1. The van der Waals surface area contributed by atoms with Crippen molar-refractivity contribution in [1.82, 2.24) is 9.55 Å². The number of carbonyl (C=O) groups is 1. The predicted octanol–water partition coefficient (Wildman–Crippen LogP) is 2.66. The molecule has 2 rings (SSSR count). The Kier molecular flexibility index (Phi) is 4.62. The van der Waals surface area contributed by atoms with Crippen LogP contribution in [0.5, 0.6) is 0 Å². The summed E-state index contributed by atoms with van der Waals surface area (Å²) in [6.07, 6.45) is 0.854. The Balaban J connectivity index is 1.97. The van der Waals surface area contributed by atoms with Crippen LogP contribution in [-0.4, -0.2) is 15.3 Å². The van der Waals surface area contributed by atoms with E-state index in [0.717, 1.165) is 5.69 Å². The van der Waals surface area contributed by atoms with Gasteiger partial charge in [0.25, 0.3) is 0 Å². The molecule has 5 heteroatoms. The lowest BCUT2D eigenvalue weighted by molar-refractivity contribution is 0.0978. The number of halogens is 1. The number of aromatic nitrogens is 2. The maximum atomic E-state index is 12.8. The summed E-state index contributed by atoms with van der Waals surface area (Å²) in [5.41, 5.74) is 1.72. The van der Waals surface area contributed by atoms with Crippen molar-refractivity contribution in [3.63, 3.8) is 0 Å². The molecule has 0 aliphatic carbocycles. The molecule has 0 atom stereocenters. The van der Waals surface area contributed by atoms with Gasteiger partial charge in [-0.1, -0.05) is 0 Å². The molecule has 1 aromatic heterocycles. The molecule has 0 N–H and O–H groups in total. The number of Topliss-reactive ketones (excluding diaryl/α,β-unsaturated/α-hetero) is 1. The van der Waals surface area contributed by atoms with Crippen molar-refractivity contribution >= 4 is 5.78 Å². The third-order valence-corrected chi connectivity index (χ3v) is 3.30. The van der Waals surface area contributed by atoms with Crippen molar-refractivity contribution in [3.8, 4) is 0 Å². The lowest BCUT2D eigenvalue weighted by Crippen LogP contribution is -2.25. The molecule has 0 aliphatic rings. The first-order chi connectivity index (χ1) is 9.97. The van der Waals surface area contributed by atoms with Gasteiger partial charge < -0.3 is 0 Å². The van der Waals surface area contributed by atoms with E-state index < -0.39 is 0 Å². The van der Waals surface area contributed by atoms with Crippen LogP contribution in [-0.2, 0) is 6.54 Å². The summed E-state index contributed by atoms with van der Waals surface area (Å²) < 4.78 is 14.3. The van der Waals surface area contributed by atoms with Gasteiger partial charge in [0.15, 0.2) is 5.78 Å². The Morgan fingerprint density at radius 1 is 1.24 bits per heavy atom. The molecule has 1 aromatic carbocycles. The number of nitrogens with zero attached hydrogens (tertiary/aromatic N) is 2. The van der Waals surface area contributed by atoms with Gasteiger partial charge in [-0.3, -0.25) is 9.36 Å². The molecule has 0 fully saturated rings. The van der Waals surface area contributed by atoms with Gasteiger partial charge in [-0.2, -0.15) is 4.98 Å². The number of ketones is 1. The standard InChI is InChI=1S/C16H17FN2O2/c1-11-10-12(2)19(16(21)18-11)9-3-4-15(20)13-5-7-14(17)8-6-13/h5-8,10H,3-4,9H2,1-2H3. The molecule has 0 saturated heterocycles. The van der Waals surface area contributed by atoms with Gasteiger partial charge in [0.1, 0.15) is 5.82 Å². The molecule has 1 heterocycles. The average Bonchev–Trinajstić information content (AvgIpc) is 2.42. The minimum atomic E-state index is -0.362. The molecule has 0 bridgehead atoms. The highest BCUT2D eigenvalue weighted by molar-refractivity contribution is 5.95. The largest absolute Gasteiger partial charge is 0.347 e. The van der Waals surface area contributed by atoms with E-state index in [1.807, 2.05) is 13.0 Å². The highest BCUT2D eigenvalue weighted by Gasteiger charge is 2.07. The Hall–Kier alpha value is -2.30. The van der Waals surface area contributed by atoms with Crippen LogP contribution in [0, 0.1) is 19.7 Å². The number of rotatable bonds is 5. The van der Waals surface area contributed by atoms with Crippen LogP contribution in [0.4, 0.5) is 4.39 Å². The fourth-order valence-corrected chi connectivity index (χ4v) is 2.22. The molecular formula is C16H17FN2O2. The number of carbonyl (C=O) groups excluding carboxylic acids is 1. The van der Waals surface area contributed by atoms with Crippen molar-refractivity contribution < 1.29 is 9.18 Å². The fourth-order valence-electron chi connectivity index (χ4n) is 2.22. The number of hydrogen-bond donors (Lipinski definition) is 0. The second kappa shape index (κ2) is 6.43. The van der Waals surface area contributed by atoms with Crippen LogP contribution in [0.1, 0.15) is 34.6 Å². The fraction of sp³-hybridized carbons (Fsp3) is 0.312. The summed E-state index contributed by atoms with van der Waals surface area (Å²) in [4.78, 5) is 27.6. The third-order valence-electron chi connectivity index (χ3n) is 3.30. The van der Waals surface area contributed by atoms with Crippen LogP contribution < -0.4 is 5.69 Å². The maximum Gasteiger partial charge on any atom is 0.347 e. The van der Waals surface area contributed by atoms with Crippen LogP contribution in [0.2, 0.25) is 0 Å². The second-order valence-corrected chi connectivity index (χ2v) is 5.01. The van der Waals surface area contributed by atoms with Crippen LogP contribution >= 0.6 is 0 Å². The minimum absolute atomic E-state index is 0.0548. The Morgan fingerprint density at radius 2 is 1.90 bits per heavy atom. The maximum absolute atomic E-state index is 12.8. The second-order valence-electron chi connectivity index (χ2n) is 5.01. The number of aryl methyl sites for hydroxylation is 2. The van der Waals surface area contributed by atoms with Gasteiger partial charge in [-0.15, -0.1) is 0 Å². The summed E-state index contributed by atoms with van der Waals surface area (Å²) in [5.74, 6) is -0.416. The van der Waals surface area contributed by atoms with E-state index >= 15 is 0 Å². The molecule has 0 radical (unpaired) electrons. The summed E-state index contributed by atoms with van der Waals surface area (Å²) in [6.45, 7) is 4.07. The van der Waals surface area contributed by atoms with E-state index in [4.69, 9.17) is 0 Å². The van der Waals surface area contributed by atoms with Gasteiger partial charge in [0.05, 0.1) is 0 Å². The molecule has 0 aliphatic heterocycles. The average molecular weight is 288 g/mol. The lowest BCUT2D eigenvalue weighted by Gasteiger charge is -2.09. The first-order valence-electron chi connectivity index (χ1n) is 6.81. The van der Waals surface area contributed by atoms with Crippen molar-refractivity contribution in [3.05, 3.63) is 63.6 Å². The van der Waals surface area contributed by atoms with Crippen molar-refractivity contribution in [2.75, 3.05) is 0 Å². The smallest absolute Gasteiger partial charge is 0.297 e. The van der Waals surface area contributed by atoms with E-state index in [2.05, 4.69) is 4.98 Å². The Labute approximate surface area is 122 Å². The van der Waals surface area contributed by atoms with Crippen LogP contribution in [0.25, 0.3) is 0 Å². The Morgan fingerprint density at radius 3 is 2.52 bits per heavy atom. The number of benzene rings is 1. The van der Waals surface area contributed by atoms with Gasteiger partial charge in [0.2, 0.25) is 0 Å². The van der Waals surface area contributed by atoms with Crippen LogP contribution in [0.15, 0.2) is 35.1 Å². The van der Waals surface area contributed by atoms with Crippen molar-refractivity contribution in [1.29, 1.82) is 0 Å². The number of hydrogen-bond acceptors (Lipinski definition) is 3. The van der Waals surface area contributed by atoms with Gasteiger partial charge in [-0.05, 0) is 50.6 Å². The third kappa shape index (κ3) is 3.84. The monoisotopic (exact) mass is 288 g/mol. The summed E-state index contributed by atoms with van der Waals surface area (Å²) in [5, 5.41) is 0. The molecule has 110 valence electrons. The summed E-state index contributed by atoms with van der Waals surface area (Å²) >= 11 is 0. The minimum Gasteiger partial charge on any atom is -0.297 e. The molecular weight excluding hydrogens is 271 g/mol. The predicted molar refractivity (Wildman–Crippen MR) is 77.9 cm³/mol. The van der Waals surface area contributed by atoms with E-state index in [1.54, 1.807) is 11.5 Å². The van der Waals surface area contributed by atoms with Crippen molar-refractivity contribution in [2.24, 2.45) is 0 Å². The van der Waals surface area contributed by atoms with E-state index in [-0.39, 0.29) is 17.3 Å². The normalized spacial score (nSPS) is 10.6. The molecule has 2 aromatic rings. The van der Waals surface area contributed by atoms with E-state index in [0.29, 0.717) is 30.6 Å². The zero-order chi connectivity index (χ0) is 15.4. The zero-order valence-corrected chi connectivity index (χ0v) is 12.1. The van der Waals surface area contributed by atoms with Gasteiger partial charge in [-0.25, -0.2) is 9.18 Å². The van der Waals surface area contributed by atoms with Crippen molar-refractivity contribution in [2.45, 2.75) is 33.2 Å². The SMILES string of the molecule is Cc1cc(C)n(CCCC(=O)c2ccc(F)cc2)c(=O)n1. The molecule has 0 unspecified atom stereocenters. The topological polar surface area (TPSA) is 52.0 Å². The van der Waals surface area contributed by atoms with Gasteiger partial charge >= 0.3 is 5.69 Å². The van der Waals surface area contributed by atoms with E-state index in [1.165, 1.54) is 24.3 Å². The quantitative estimate of drug-likeness (QED) is 0.795. The Bertz CT molecular complexity index is 705. The zero-order valence-electron chi connectivity index (χ0n) is 12.1. The summed E-state index contributed by atoms with van der Waals surface area (Å²) in [7, 11) is 0. The molecule has 21 heavy (non-hydrogen) atoms. The van der Waals surface area contributed by atoms with E-state index in [9.17, 15) is 14.0 Å².